The summed E-state index contributed by atoms with van der Waals surface area (Å²) < 4.78 is 27.0. The molecule has 0 aromatic heterocycles. The van der Waals surface area contributed by atoms with Gasteiger partial charge in [0.25, 0.3) is 11.7 Å². The molecule has 2 aromatic rings. The maximum absolute atomic E-state index is 12.2. The molecule has 0 aliphatic heterocycles. The number of nitrogens with one attached hydrogen (secondary N) is 2. The summed E-state index contributed by atoms with van der Waals surface area (Å²) in [4.78, 5) is 12.0. The minimum absolute atomic E-state index is 0.103. The van der Waals surface area contributed by atoms with Gasteiger partial charge in [-0.1, -0.05) is 12.1 Å². The van der Waals surface area contributed by atoms with Gasteiger partial charge in [0.2, 0.25) is 15.9 Å². The Morgan fingerprint density at radius 2 is 1.41 bits per heavy atom. The van der Waals surface area contributed by atoms with Gasteiger partial charge in [-0.3, -0.25) is 27.1 Å². The predicted molar refractivity (Wildman–Crippen MR) is 110 cm³/mol. The third kappa shape index (κ3) is 6.70. The monoisotopic (exact) mass is 418 g/mol. The van der Waals surface area contributed by atoms with Gasteiger partial charge in [0.05, 0.1) is 16.0 Å². The number of sulfonamides is 1. The Labute approximate surface area is 169 Å². The summed E-state index contributed by atoms with van der Waals surface area (Å²) in [6, 6.07) is 13.1. The zero-order valence-corrected chi connectivity index (χ0v) is 16.7. The van der Waals surface area contributed by atoms with E-state index < -0.39 is 10.0 Å². The van der Waals surface area contributed by atoms with Crippen molar-refractivity contribution in [2.75, 3.05) is 6.54 Å². The van der Waals surface area contributed by atoms with Crippen LogP contribution in [0.2, 0.25) is 0 Å². The van der Waals surface area contributed by atoms with E-state index in [1.54, 1.807) is 12.1 Å². The number of hydrogen-bond donors (Lipinski definition) is 6. The first-order valence-electron chi connectivity index (χ1n) is 8.91. The van der Waals surface area contributed by atoms with Gasteiger partial charge in [-0.15, -0.1) is 0 Å². The van der Waals surface area contributed by atoms with Crippen LogP contribution in [0.1, 0.15) is 29.5 Å². The summed E-state index contributed by atoms with van der Waals surface area (Å²) >= 11 is 0. The van der Waals surface area contributed by atoms with Crippen molar-refractivity contribution in [3.8, 4) is 0 Å². The van der Waals surface area contributed by atoms with E-state index >= 15 is 0 Å². The summed E-state index contributed by atoms with van der Waals surface area (Å²) in [5, 5.41) is 13.7. The average molecular weight is 419 g/mol. The zero-order valence-electron chi connectivity index (χ0n) is 15.9. The molecule has 154 valence electrons. The second-order valence-corrected chi connectivity index (χ2v) is 8.18. The molecule has 0 saturated carbocycles. The number of rotatable bonds is 10. The van der Waals surface area contributed by atoms with Crippen molar-refractivity contribution >= 4 is 27.6 Å². The molecule has 10 N–H and O–H groups in total. The Morgan fingerprint density at radius 1 is 0.897 bits per heavy atom. The average Bonchev–Trinajstić information content (AvgIpc) is 2.70. The molecule has 0 atom stereocenters. The lowest BCUT2D eigenvalue weighted by atomic mass is 10.1. The molecule has 2 rings (SSSR count). The molecular weight excluding hydrogens is 392 g/mol. The lowest BCUT2D eigenvalue weighted by Crippen LogP contribution is -2.46. The van der Waals surface area contributed by atoms with Crippen molar-refractivity contribution in [1.29, 1.82) is 0 Å². The third-order valence-electron chi connectivity index (χ3n) is 4.15. The molecule has 2 aromatic carbocycles. The van der Waals surface area contributed by atoms with E-state index in [2.05, 4.69) is 10.0 Å². The van der Waals surface area contributed by atoms with Crippen molar-refractivity contribution in [2.24, 2.45) is 11.5 Å². The summed E-state index contributed by atoms with van der Waals surface area (Å²) in [6.45, 7) is 0.506. The van der Waals surface area contributed by atoms with Gasteiger partial charge < -0.3 is 5.32 Å². The van der Waals surface area contributed by atoms with Crippen LogP contribution in [0.15, 0.2) is 53.4 Å². The molecule has 0 spiro atoms. The third-order valence-corrected chi connectivity index (χ3v) is 5.62. The van der Waals surface area contributed by atoms with Crippen molar-refractivity contribution in [2.45, 2.75) is 24.3 Å². The molecule has 0 bridgehead atoms. The normalized spacial score (nSPS) is 11.0. The molecular formula is C19H26N6O3S+2. The van der Waals surface area contributed by atoms with Crippen LogP contribution in [0.5, 0.6) is 0 Å². The fraction of sp³-hybridized carbons (Fsp3) is 0.211. The highest BCUT2D eigenvalue weighted by Crippen LogP contribution is 2.10. The number of amides is 1. The molecule has 0 fully saturated rings. The SMILES string of the molecule is NC(=[NH2+])c1ccc(CNC(=O)CCCNS(=O)(=O)c2ccc(C(N)=[NH2+])cc2)cc1. The van der Waals surface area contributed by atoms with Gasteiger partial charge in [-0.2, -0.15) is 0 Å². The summed E-state index contributed by atoms with van der Waals surface area (Å²) in [5.41, 5.74) is 13.2. The fourth-order valence-corrected chi connectivity index (χ4v) is 3.54. The highest BCUT2D eigenvalue weighted by Gasteiger charge is 2.14. The molecule has 0 aliphatic rings. The van der Waals surface area contributed by atoms with Crippen LogP contribution >= 0.6 is 0 Å². The number of carbonyl (C=O) groups is 1. The quantitative estimate of drug-likeness (QED) is 0.136. The van der Waals surface area contributed by atoms with E-state index in [9.17, 15) is 13.2 Å². The van der Waals surface area contributed by atoms with E-state index in [1.165, 1.54) is 24.3 Å². The van der Waals surface area contributed by atoms with Crippen LogP contribution in [-0.2, 0) is 21.4 Å². The minimum Gasteiger partial charge on any atom is -0.352 e. The molecule has 29 heavy (non-hydrogen) atoms. The Hall–Kier alpha value is -3.24. The van der Waals surface area contributed by atoms with Crippen LogP contribution in [-0.4, -0.2) is 32.5 Å². The largest absolute Gasteiger partial charge is 0.352 e. The van der Waals surface area contributed by atoms with Crippen molar-refractivity contribution in [3.63, 3.8) is 0 Å². The van der Waals surface area contributed by atoms with Crippen molar-refractivity contribution in [3.05, 3.63) is 65.2 Å². The van der Waals surface area contributed by atoms with Crippen molar-refractivity contribution in [1.82, 2.24) is 10.0 Å². The molecule has 10 heteroatoms. The molecule has 0 radical (unpaired) electrons. The van der Waals surface area contributed by atoms with Gasteiger partial charge in [-0.05, 0) is 48.4 Å². The first kappa shape index (κ1) is 22.1. The molecule has 0 heterocycles. The Kier molecular flexibility index (Phi) is 7.46. The van der Waals surface area contributed by atoms with Crippen LogP contribution in [0, 0.1) is 0 Å². The number of carbonyl (C=O) groups excluding carboxylic acids is 1. The summed E-state index contributed by atoms with van der Waals surface area (Å²) in [5.74, 6) is 0.183. The molecule has 0 unspecified atom stereocenters. The highest BCUT2D eigenvalue weighted by atomic mass is 32.2. The van der Waals surface area contributed by atoms with E-state index in [0.717, 1.165) is 11.1 Å². The Balaban J connectivity index is 1.74. The van der Waals surface area contributed by atoms with Crippen LogP contribution in [0.3, 0.4) is 0 Å². The number of hydrogen-bond acceptors (Lipinski definition) is 3. The Bertz CT molecular complexity index is 986. The highest BCUT2D eigenvalue weighted by molar-refractivity contribution is 7.89. The van der Waals surface area contributed by atoms with Gasteiger partial charge >= 0.3 is 0 Å². The molecule has 9 nitrogen and oxygen atoms in total. The molecule has 0 saturated heterocycles. The number of benzene rings is 2. The first-order valence-corrected chi connectivity index (χ1v) is 10.4. The van der Waals surface area contributed by atoms with Gasteiger partial charge in [0.1, 0.15) is 0 Å². The van der Waals surface area contributed by atoms with Gasteiger partial charge in [-0.25, -0.2) is 13.1 Å². The van der Waals surface area contributed by atoms with Gasteiger partial charge in [0, 0.05) is 19.5 Å². The van der Waals surface area contributed by atoms with Crippen LogP contribution in [0.4, 0.5) is 0 Å². The zero-order chi connectivity index (χ0) is 21.4. The first-order chi connectivity index (χ1) is 13.7. The van der Waals surface area contributed by atoms with E-state index in [1.807, 2.05) is 12.1 Å². The maximum Gasteiger partial charge on any atom is 0.270 e. The standard InChI is InChI=1S/C19H24N6O3S/c20-18(21)14-5-3-13(4-6-14)12-24-17(26)2-1-11-25-29(27,28)16-9-7-15(8-10-16)19(22)23/h3-10,25H,1-2,11-12H2,(H3,20,21)(H3,22,23)(H,24,26)/p+2. The fourth-order valence-electron chi connectivity index (χ4n) is 2.47. The van der Waals surface area contributed by atoms with E-state index in [0.29, 0.717) is 18.5 Å². The topological polar surface area (TPSA) is 178 Å². The second-order valence-electron chi connectivity index (χ2n) is 6.41. The number of nitrogens with two attached hydrogens (primary N) is 4. The molecule has 0 aliphatic carbocycles. The maximum atomic E-state index is 12.2. The van der Waals surface area contributed by atoms with E-state index in [-0.39, 0.29) is 35.4 Å². The Morgan fingerprint density at radius 3 is 1.93 bits per heavy atom. The van der Waals surface area contributed by atoms with Crippen LogP contribution in [0.25, 0.3) is 0 Å². The predicted octanol–water partition coefficient (Wildman–Crippen LogP) is -3.01. The smallest absolute Gasteiger partial charge is 0.270 e. The minimum atomic E-state index is -3.66. The lowest BCUT2D eigenvalue weighted by Gasteiger charge is -2.08. The van der Waals surface area contributed by atoms with Crippen LogP contribution < -0.4 is 32.3 Å². The second kappa shape index (κ2) is 9.80. The summed E-state index contributed by atoms with van der Waals surface area (Å²) in [7, 11) is -3.66. The van der Waals surface area contributed by atoms with E-state index in [4.69, 9.17) is 22.3 Å². The lowest BCUT2D eigenvalue weighted by molar-refractivity contribution is -0.121. The van der Waals surface area contributed by atoms with Crippen molar-refractivity contribution < 1.29 is 24.0 Å². The number of amidine groups is 2. The molecule has 1 amide bonds. The van der Waals surface area contributed by atoms with Gasteiger partial charge in [0.15, 0.2) is 0 Å². The summed E-state index contributed by atoms with van der Waals surface area (Å²) in [6.07, 6.45) is 0.562.